The highest BCUT2D eigenvalue weighted by Crippen LogP contribution is 2.29. The molecule has 1 rings (SSSR count). The highest BCUT2D eigenvalue weighted by molar-refractivity contribution is 9.09. The van der Waals surface area contributed by atoms with Crippen LogP contribution in [-0.2, 0) is 9.47 Å². The fourth-order valence-corrected chi connectivity index (χ4v) is 2.10. The normalized spacial score (nSPS) is 25.5. The van der Waals surface area contributed by atoms with Crippen LogP contribution in [0.3, 0.4) is 0 Å². The van der Waals surface area contributed by atoms with Crippen LogP contribution >= 0.6 is 15.9 Å². The number of unbranched alkanes of at least 4 members (excludes halogenated alkanes) is 1. The zero-order valence-corrected chi connectivity index (χ0v) is 9.66. The molecule has 1 aliphatic carbocycles. The molecule has 1 fully saturated rings. The fourth-order valence-electron chi connectivity index (χ4n) is 1.26. The minimum absolute atomic E-state index is 0.393. The molecule has 0 heterocycles. The largest absolute Gasteiger partial charge is 0.450 e. The van der Waals surface area contributed by atoms with Crippen molar-refractivity contribution in [2.75, 3.05) is 13.2 Å². The maximum absolute atomic E-state index is 10.2. The van der Waals surface area contributed by atoms with E-state index in [4.69, 9.17) is 10.5 Å². The van der Waals surface area contributed by atoms with Gasteiger partial charge in [-0.05, 0) is 25.7 Å². The number of hydrogen-bond acceptors (Lipinski definition) is 3. The Hall–Kier alpha value is -0.290. The third-order valence-electron chi connectivity index (χ3n) is 2.17. The van der Waals surface area contributed by atoms with Gasteiger partial charge in [-0.25, -0.2) is 4.79 Å². The van der Waals surface area contributed by atoms with E-state index in [9.17, 15) is 4.79 Å². The summed E-state index contributed by atoms with van der Waals surface area (Å²) in [7, 11) is 0. The Balaban J connectivity index is 1.78. The molecule has 14 heavy (non-hydrogen) atoms. The van der Waals surface area contributed by atoms with Gasteiger partial charge in [0.05, 0.1) is 12.7 Å². The average molecular weight is 266 g/mol. The monoisotopic (exact) mass is 265 g/mol. The Morgan fingerprint density at radius 3 is 2.57 bits per heavy atom. The van der Waals surface area contributed by atoms with E-state index in [0.717, 1.165) is 32.3 Å². The predicted molar refractivity (Wildman–Crippen MR) is 56.5 cm³/mol. The molecular weight excluding hydrogens is 250 g/mol. The number of halogens is 1. The summed E-state index contributed by atoms with van der Waals surface area (Å²) >= 11 is 3.50. The molecule has 1 aliphatic rings. The fraction of sp³-hybridized carbons (Fsp3) is 0.889. The second kappa shape index (κ2) is 6.24. The van der Waals surface area contributed by atoms with Crippen molar-refractivity contribution in [1.82, 2.24) is 0 Å². The van der Waals surface area contributed by atoms with Crippen molar-refractivity contribution >= 4 is 22.0 Å². The number of rotatable bonds is 6. The smallest absolute Gasteiger partial charge is 0.404 e. The molecular formula is C9H16BrNO3. The van der Waals surface area contributed by atoms with E-state index >= 15 is 0 Å². The number of amides is 1. The molecule has 0 radical (unpaired) electrons. The topological polar surface area (TPSA) is 61.6 Å². The first-order chi connectivity index (χ1) is 6.68. The van der Waals surface area contributed by atoms with Crippen LogP contribution in [0.5, 0.6) is 0 Å². The Kier molecular flexibility index (Phi) is 5.25. The third-order valence-corrected chi connectivity index (χ3v) is 2.92. The second-order valence-electron chi connectivity index (χ2n) is 3.44. The van der Waals surface area contributed by atoms with E-state index in [2.05, 4.69) is 20.7 Å². The van der Waals surface area contributed by atoms with Gasteiger partial charge >= 0.3 is 6.09 Å². The van der Waals surface area contributed by atoms with Gasteiger partial charge in [0.2, 0.25) is 0 Å². The molecule has 1 amide bonds. The Morgan fingerprint density at radius 2 is 2.00 bits per heavy atom. The summed E-state index contributed by atoms with van der Waals surface area (Å²) in [6.45, 7) is 1.14. The molecule has 0 aromatic rings. The van der Waals surface area contributed by atoms with Crippen LogP contribution in [0.25, 0.3) is 0 Å². The molecule has 0 aromatic carbocycles. The van der Waals surface area contributed by atoms with E-state index in [1.54, 1.807) is 0 Å². The zero-order valence-electron chi connectivity index (χ0n) is 8.08. The molecule has 0 saturated heterocycles. The highest BCUT2D eigenvalue weighted by atomic mass is 79.9. The number of carbonyl (C=O) groups is 1. The molecule has 1 saturated carbocycles. The van der Waals surface area contributed by atoms with Crippen molar-refractivity contribution in [3.63, 3.8) is 0 Å². The number of primary amides is 1. The molecule has 0 atom stereocenters. The third kappa shape index (κ3) is 4.81. The van der Waals surface area contributed by atoms with Crippen LogP contribution in [0.2, 0.25) is 0 Å². The van der Waals surface area contributed by atoms with Gasteiger partial charge in [-0.1, -0.05) is 15.9 Å². The van der Waals surface area contributed by atoms with Crippen LogP contribution in [0.15, 0.2) is 0 Å². The Morgan fingerprint density at radius 1 is 1.36 bits per heavy atom. The predicted octanol–water partition coefficient (Wildman–Crippen LogP) is 1.80. The molecule has 5 heteroatoms. The van der Waals surface area contributed by atoms with E-state index in [1.807, 2.05) is 0 Å². The number of carbonyl (C=O) groups excluding carboxylic acids is 1. The highest BCUT2D eigenvalue weighted by Gasteiger charge is 2.26. The molecule has 4 nitrogen and oxygen atoms in total. The summed E-state index contributed by atoms with van der Waals surface area (Å²) in [6, 6.07) is 0. The van der Waals surface area contributed by atoms with E-state index in [-0.39, 0.29) is 0 Å². The number of alkyl halides is 1. The van der Waals surface area contributed by atoms with Crippen LogP contribution in [0.1, 0.15) is 25.7 Å². The lowest BCUT2D eigenvalue weighted by Gasteiger charge is -2.31. The van der Waals surface area contributed by atoms with E-state index in [0.29, 0.717) is 17.5 Å². The summed E-state index contributed by atoms with van der Waals surface area (Å²) in [5, 5.41) is 0. The number of hydrogen-bond donors (Lipinski definition) is 1. The summed E-state index contributed by atoms with van der Waals surface area (Å²) < 4.78 is 10.1. The molecule has 0 spiro atoms. The van der Waals surface area contributed by atoms with Crippen LogP contribution in [0, 0.1) is 0 Å². The minimum atomic E-state index is -0.702. The average Bonchev–Trinajstić information content (AvgIpc) is 2.07. The first-order valence-electron chi connectivity index (χ1n) is 4.86. The second-order valence-corrected chi connectivity index (χ2v) is 4.73. The van der Waals surface area contributed by atoms with Gasteiger partial charge in [0.1, 0.15) is 0 Å². The summed E-state index contributed by atoms with van der Waals surface area (Å²) in [4.78, 5) is 10.8. The van der Waals surface area contributed by atoms with Crippen LogP contribution in [-0.4, -0.2) is 30.2 Å². The standard InChI is InChI=1S/C9H16BrNO3/c10-7-5-8(6-7)13-3-1-2-4-14-9(11)12/h7-8H,1-6H2,(H2,11,12). The Bertz CT molecular complexity index is 183. The first kappa shape index (κ1) is 11.8. The maximum Gasteiger partial charge on any atom is 0.404 e. The van der Waals surface area contributed by atoms with Crippen LogP contribution < -0.4 is 5.73 Å². The number of nitrogens with two attached hydrogens (primary N) is 1. The van der Waals surface area contributed by atoms with Gasteiger partial charge in [-0.3, -0.25) is 0 Å². The van der Waals surface area contributed by atoms with E-state index in [1.165, 1.54) is 0 Å². The zero-order chi connectivity index (χ0) is 10.4. The van der Waals surface area contributed by atoms with Gasteiger partial charge in [0.15, 0.2) is 0 Å². The molecule has 0 bridgehead atoms. The van der Waals surface area contributed by atoms with E-state index < -0.39 is 6.09 Å². The lowest BCUT2D eigenvalue weighted by Crippen LogP contribution is -2.31. The first-order valence-corrected chi connectivity index (χ1v) is 5.78. The van der Waals surface area contributed by atoms with Crippen molar-refractivity contribution in [2.45, 2.75) is 36.6 Å². The van der Waals surface area contributed by atoms with Gasteiger partial charge in [0, 0.05) is 11.4 Å². The number of ether oxygens (including phenoxy) is 2. The van der Waals surface area contributed by atoms with Crippen molar-refractivity contribution in [3.05, 3.63) is 0 Å². The summed E-state index contributed by atoms with van der Waals surface area (Å²) in [5.41, 5.74) is 4.80. The van der Waals surface area contributed by atoms with Gasteiger partial charge in [0.25, 0.3) is 0 Å². The lowest BCUT2D eigenvalue weighted by atomic mass is 9.96. The van der Waals surface area contributed by atoms with Gasteiger partial charge < -0.3 is 15.2 Å². The SMILES string of the molecule is NC(=O)OCCCCOC1CC(Br)C1. The lowest BCUT2D eigenvalue weighted by molar-refractivity contribution is 0.00410. The van der Waals surface area contributed by atoms with Gasteiger partial charge in [-0.2, -0.15) is 0 Å². The Labute approximate surface area is 92.2 Å². The maximum atomic E-state index is 10.2. The molecule has 2 N–H and O–H groups in total. The quantitative estimate of drug-likeness (QED) is 0.589. The minimum Gasteiger partial charge on any atom is -0.450 e. The molecule has 0 unspecified atom stereocenters. The summed E-state index contributed by atoms with van der Waals surface area (Å²) in [5.74, 6) is 0. The van der Waals surface area contributed by atoms with Crippen LogP contribution in [0.4, 0.5) is 4.79 Å². The van der Waals surface area contributed by atoms with Crippen molar-refractivity contribution in [1.29, 1.82) is 0 Å². The van der Waals surface area contributed by atoms with Crippen molar-refractivity contribution < 1.29 is 14.3 Å². The van der Waals surface area contributed by atoms with Crippen molar-refractivity contribution in [2.24, 2.45) is 5.73 Å². The molecule has 82 valence electrons. The molecule has 0 aromatic heterocycles. The van der Waals surface area contributed by atoms with Crippen molar-refractivity contribution in [3.8, 4) is 0 Å². The summed E-state index contributed by atoms with van der Waals surface area (Å²) in [6.07, 6.45) is 3.67. The van der Waals surface area contributed by atoms with Gasteiger partial charge in [-0.15, -0.1) is 0 Å². The molecule has 0 aliphatic heterocycles.